The van der Waals surface area contributed by atoms with Crippen LogP contribution in [0.5, 0.6) is 0 Å². The van der Waals surface area contributed by atoms with Crippen molar-refractivity contribution in [1.82, 2.24) is 0 Å². The van der Waals surface area contributed by atoms with Crippen LogP contribution in [-0.2, 0) is 12.8 Å². The van der Waals surface area contributed by atoms with Crippen LogP contribution in [0.25, 0.3) is 0 Å². The van der Waals surface area contributed by atoms with E-state index in [0.717, 1.165) is 28.4 Å². The van der Waals surface area contributed by atoms with Crippen LogP contribution >= 0.6 is 33.9 Å². The maximum Gasteiger partial charge on any atom is 0.256 e. The molecule has 0 unspecified atom stereocenters. The molecular formula is C20H23IN2O2S. The summed E-state index contributed by atoms with van der Waals surface area (Å²) >= 11 is 3.68. The van der Waals surface area contributed by atoms with Gasteiger partial charge < -0.3 is 11.1 Å². The van der Waals surface area contributed by atoms with Crippen molar-refractivity contribution >= 4 is 50.7 Å². The summed E-state index contributed by atoms with van der Waals surface area (Å²) in [6.07, 6.45) is 2.81. The summed E-state index contributed by atoms with van der Waals surface area (Å²) in [7, 11) is 0. The third-order valence-corrected chi connectivity index (χ3v) is 6.89. The summed E-state index contributed by atoms with van der Waals surface area (Å²) in [4.78, 5) is 25.9. The predicted molar refractivity (Wildman–Crippen MR) is 115 cm³/mol. The zero-order chi connectivity index (χ0) is 19.1. The Kier molecular flexibility index (Phi) is 5.44. The maximum atomic E-state index is 12.6. The molecule has 3 rings (SSSR count). The molecule has 2 amide bonds. The van der Waals surface area contributed by atoms with Crippen molar-refractivity contribution in [1.29, 1.82) is 0 Å². The molecule has 3 N–H and O–H groups in total. The van der Waals surface area contributed by atoms with Gasteiger partial charge in [0.15, 0.2) is 0 Å². The molecule has 0 radical (unpaired) electrons. The van der Waals surface area contributed by atoms with Crippen LogP contribution in [0.2, 0.25) is 0 Å². The average molecular weight is 482 g/mol. The third kappa shape index (κ3) is 3.96. The number of carbonyl (C=O) groups is 2. The van der Waals surface area contributed by atoms with Gasteiger partial charge in [-0.25, -0.2) is 0 Å². The van der Waals surface area contributed by atoms with Crippen molar-refractivity contribution in [2.75, 3.05) is 5.32 Å². The Morgan fingerprint density at radius 2 is 2.04 bits per heavy atom. The number of nitrogens with one attached hydrogen (secondary N) is 1. The van der Waals surface area contributed by atoms with Crippen LogP contribution in [0.3, 0.4) is 0 Å². The molecule has 0 aliphatic heterocycles. The van der Waals surface area contributed by atoms with Gasteiger partial charge in [0.2, 0.25) is 0 Å². The van der Waals surface area contributed by atoms with Gasteiger partial charge in [-0.2, -0.15) is 0 Å². The first kappa shape index (κ1) is 19.4. The van der Waals surface area contributed by atoms with Crippen molar-refractivity contribution in [3.05, 3.63) is 49.4 Å². The van der Waals surface area contributed by atoms with Crippen LogP contribution in [-0.4, -0.2) is 11.8 Å². The minimum atomic E-state index is -0.463. The lowest BCUT2D eigenvalue weighted by Gasteiger charge is -2.33. The van der Waals surface area contributed by atoms with Crippen molar-refractivity contribution in [3.8, 4) is 0 Å². The van der Waals surface area contributed by atoms with E-state index in [0.29, 0.717) is 22.0 Å². The van der Waals surface area contributed by atoms with Crippen LogP contribution in [0.4, 0.5) is 5.00 Å². The Morgan fingerprint density at radius 3 is 2.65 bits per heavy atom. The van der Waals surface area contributed by atoms with Gasteiger partial charge in [0, 0.05) is 14.0 Å². The first-order valence-electron chi connectivity index (χ1n) is 8.68. The highest BCUT2D eigenvalue weighted by atomic mass is 127. The smallest absolute Gasteiger partial charge is 0.256 e. The standard InChI is InChI=1S/C20H23IN2O2S/c1-20(2,3)12-7-8-14-15(10-12)26-19(16(14)17(22)24)23-18(25)11-5-4-6-13(21)9-11/h4-6,9,12H,7-8,10H2,1-3H3,(H2,22,24)(H,23,25)/t12-/m1/s1. The number of amides is 2. The van der Waals surface area contributed by atoms with E-state index < -0.39 is 5.91 Å². The molecule has 6 heteroatoms. The number of hydrogen-bond acceptors (Lipinski definition) is 3. The van der Waals surface area contributed by atoms with Gasteiger partial charge >= 0.3 is 0 Å². The summed E-state index contributed by atoms with van der Waals surface area (Å²) in [5.41, 5.74) is 7.98. The van der Waals surface area contributed by atoms with Gasteiger partial charge in [0.1, 0.15) is 5.00 Å². The molecule has 1 aromatic carbocycles. The third-order valence-electron chi connectivity index (χ3n) is 5.05. The zero-order valence-corrected chi connectivity index (χ0v) is 18.2. The number of fused-ring (bicyclic) bond motifs is 1. The van der Waals surface area contributed by atoms with E-state index in [1.54, 1.807) is 6.07 Å². The molecule has 0 fully saturated rings. The van der Waals surface area contributed by atoms with Crippen LogP contribution in [0.15, 0.2) is 24.3 Å². The van der Waals surface area contributed by atoms with Crippen molar-refractivity contribution in [2.45, 2.75) is 40.0 Å². The molecular weight excluding hydrogens is 459 g/mol. The van der Waals surface area contributed by atoms with Crippen LogP contribution in [0, 0.1) is 14.9 Å². The van der Waals surface area contributed by atoms with E-state index in [-0.39, 0.29) is 11.3 Å². The minimum Gasteiger partial charge on any atom is -0.365 e. The number of nitrogens with two attached hydrogens (primary N) is 1. The molecule has 1 aliphatic carbocycles. The fourth-order valence-corrected chi connectivity index (χ4v) is 5.35. The van der Waals surface area contributed by atoms with Crippen LogP contribution < -0.4 is 11.1 Å². The Labute approximate surface area is 171 Å². The van der Waals surface area contributed by atoms with Gasteiger partial charge in [-0.1, -0.05) is 26.8 Å². The van der Waals surface area contributed by atoms with Crippen molar-refractivity contribution in [2.24, 2.45) is 17.1 Å². The van der Waals surface area contributed by atoms with Crippen molar-refractivity contribution in [3.63, 3.8) is 0 Å². The predicted octanol–water partition coefficient (Wildman–Crippen LogP) is 4.85. The highest BCUT2D eigenvalue weighted by Crippen LogP contribution is 2.44. The van der Waals surface area contributed by atoms with E-state index in [9.17, 15) is 9.59 Å². The Hall–Kier alpha value is -1.41. The molecule has 1 heterocycles. The molecule has 4 nitrogen and oxygen atoms in total. The Balaban J connectivity index is 1.92. The average Bonchev–Trinajstić information content (AvgIpc) is 2.91. The van der Waals surface area contributed by atoms with E-state index in [4.69, 9.17) is 5.73 Å². The largest absolute Gasteiger partial charge is 0.365 e. The molecule has 1 aliphatic rings. The number of halogens is 1. The fourth-order valence-electron chi connectivity index (χ4n) is 3.48. The van der Waals surface area contributed by atoms with Crippen LogP contribution in [0.1, 0.15) is 58.3 Å². The molecule has 26 heavy (non-hydrogen) atoms. The highest BCUT2D eigenvalue weighted by molar-refractivity contribution is 14.1. The highest BCUT2D eigenvalue weighted by Gasteiger charge is 2.33. The molecule has 138 valence electrons. The van der Waals surface area contributed by atoms with E-state index in [2.05, 4.69) is 48.7 Å². The maximum absolute atomic E-state index is 12.6. The second kappa shape index (κ2) is 7.31. The summed E-state index contributed by atoms with van der Waals surface area (Å²) in [6, 6.07) is 7.37. The molecule has 1 aromatic heterocycles. The van der Waals surface area contributed by atoms with Gasteiger partial charge in [-0.3, -0.25) is 9.59 Å². The molecule has 0 bridgehead atoms. The monoisotopic (exact) mass is 482 g/mol. The first-order valence-corrected chi connectivity index (χ1v) is 10.6. The Morgan fingerprint density at radius 1 is 1.31 bits per heavy atom. The minimum absolute atomic E-state index is 0.211. The summed E-state index contributed by atoms with van der Waals surface area (Å²) < 4.78 is 0.990. The number of carbonyl (C=O) groups excluding carboxylic acids is 2. The first-order chi connectivity index (χ1) is 12.2. The zero-order valence-electron chi connectivity index (χ0n) is 15.2. The number of hydrogen-bond donors (Lipinski definition) is 2. The van der Waals surface area contributed by atoms with E-state index >= 15 is 0 Å². The molecule has 2 aromatic rings. The van der Waals surface area contributed by atoms with Gasteiger partial charge in [-0.05, 0) is 76.9 Å². The number of anilines is 1. The lowest BCUT2D eigenvalue weighted by Crippen LogP contribution is -2.27. The summed E-state index contributed by atoms with van der Waals surface area (Å²) in [5.74, 6) is -0.111. The molecule has 0 saturated carbocycles. The van der Waals surface area contributed by atoms with Gasteiger partial charge in [-0.15, -0.1) is 11.3 Å². The number of benzene rings is 1. The van der Waals surface area contributed by atoms with E-state index in [1.165, 1.54) is 16.2 Å². The van der Waals surface area contributed by atoms with E-state index in [1.807, 2.05) is 18.2 Å². The fraction of sp³-hybridized carbons (Fsp3) is 0.400. The quantitative estimate of drug-likeness (QED) is 0.614. The second-order valence-corrected chi connectivity index (χ2v) is 10.2. The van der Waals surface area contributed by atoms with Gasteiger partial charge in [0.05, 0.1) is 5.56 Å². The topological polar surface area (TPSA) is 72.2 Å². The summed E-state index contributed by atoms with van der Waals surface area (Å²) in [6.45, 7) is 6.76. The second-order valence-electron chi connectivity index (χ2n) is 7.84. The normalized spacial score (nSPS) is 16.8. The van der Waals surface area contributed by atoms with Gasteiger partial charge in [0.25, 0.3) is 11.8 Å². The lowest BCUT2D eigenvalue weighted by molar-refractivity contribution is 0.1000. The number of primary amides is 1. The number of rotatable bonds is 3. The SMILES string of the molecule is CC(C)(C)[C@@H]1CCc2c(sc(NC(=O)c3cccc(I)c3)c2C(N)=O)C1. The lowest BCUT2D eigenvalue weighted by atomic mass is 9.72. The van der Waals surface area contributed by atoms with Crippen molar-refractivity contribution < 1.29 is 9.59 Å². The molecule has 0 saturated heterocycles. The molecule has 0 spiro atoms. The number of thiophene rings is 1. The molecule has 1 atom stereocenters. The Bertz CT molecular complexity index is 867. The summed E-state index contributed by atoms with van der Waals surface area (Å²) in [5, 5.41) is 3.51.